The van der Waals surface area contributed by atoms with Crippen LogP contribution in [-0.2, 0) is 25.6 Å². The number of carboxylic acid groups (broad SMARTS) is 1. The Hall–Kier alpha value is -4.65. The Kier molecular flexibility index (Phi) is 14.6. The molecule has 1 rings (SSSR count). The van der Waals surface area contributed by atoms with E-state index in [9.17, 15) is 14.4 Å². The number of carbonyl (C=O) groups excluding carboxylic acids is 2. The average Bonchev–Trinajstić information content (AvgIpc) is 3.35. The monoisotopic (exact) mass is 503 g/mol. The summed E-state index contributed by atoms with van der Waals surface area (Å²) in [6.45, 7) is 7.61. The second-order valence-corrected chi connectivity index (χ2v) is 7.95. The molecule has 0 unspecified atom stereocenters. The Bertz CT molecular complexity index is 1180. The largest absolute Gasteiger partial charge is 0.478 e. The van der Waals surface area contributed by atoms with Crippen LogP contribution in [0.5, 0.6) is 0 Å². The Balaban J connectivity index is 2.45. The molecule has 7 heteroatoms. The van der Waals surface area contributed by atoms with Crippen molar-refractivity contribution in [2.24, 2.45) is 0 Å². The molecular formula is C30H33NO6. The molecule has 1 heterocycles. The second-order valence-electron chi connectivity index (χ2n) is 7.95. The van der Waals surface area contributed by atoms with Crippen LogP contribution in [0.3, 0.4) is 0 Å². The van der Waals surface area contributed by atoms with Crippen molar-refractivity contribution >= 4 is 17.8 Å². The third-order valence-electron chi connectivity index (χ3n) is 4.42. The summed E-state index contributed by atoms with van der Waals surface area (Å²) in [5.41, 5.74) is 5.83. The van der Waals surface area contributed by atoms with Gasteiger partial charge in [-0.05, 0) is 39.8 Å². The highest BCUT2D eigenvalue weighted by molar-refractivity contribution is 5.85. The SMILES string of the molecule is CC(=C/C=C/C(C)=C/C=C/C=C(C)/C=C/C=C(C)/C=C/C(=O)ONC(=O)Cc1ccco1)/C=C/C(=O)O. The standard InChI is InChI=1S/C30H33NO6/c1-23(12-7-14-25(3)17-19-29(33)34)10-5-6-11-24(2)13-8-15-26(4)18-20-30(35)37-31-28(32)22-27-16-9-21-36-27/h5-21H,22H2,1-4H3,(H,31,32)(H,33,34)/b6-5+,12-7+,13-8+,19-17+,20-18+,23-10+,24-11+,25-14-,26-15+. The first-order valence-electron chi connectivity index (χ1n) is 11.5. The average molecular weight is 504 g/mol. The summed E-state index contributed by atoms with van der Waals surface area (Å²) >= 11 is 0. The number of aliphatic carboxylic acids is 1. The highest BCUT2D eigenvalue weighted by atomic mass is 16.7. The summed E-state index contributed by atoms with van der Waals surface area (Å²) in [5, 5.41) is 8.62. The predicted octanol–water partition coefficient (Wildman–Crippen LogP) is 6.05. The van der Waals surface area contributed by atoms with Crippen LogP contribution in [0.2, 0.25) is 0 Å². The van der Waals surface area contributed by atoms with Gasteiger partial charge in [-0.2, -0.15) is 5.48 Å². The first-order chi connectivity index (χ1) is 17.7. The quantitative estimate of drug-likeness (QED) is 0.204. The second kappa shape index (κ2) is 17.7. The van der Waals surface area contributed by atoms with E-state index < -0.39 is 17.8 Å². The fourth-order valence-electron chi connectivity index (χ4n) is 2.49. The molecule has 0 aliphatic rings. The summed E-state index contributed by atoms with van der Waals surface area (Å²) in [7, 11) is 0. The van der Waals surface area contributed by atoms with Gasteiger partial charge in [0.05, 0.1) is 12.7 Å². The number of hydrogen-bond acceptors (Lipinski definition) is 5. The zero-order valence-corrected chi connectivity index (χ0v) is 21.5. The van der Waals surface area contributed by atoms with Crippen LogP contribution >= 0.6 is 0 Å². The topological polar surface area (TPSA) is 106 Å². The molecule has 1 aromatic heterocycles. The minimum absolute atomic E-state index is 0.0182. The number of allylic oxidation sites excluding steroid dienone is 16. The van der Waals surface area contributed by atoms with Gasteiger partial charge in [0.25, 0.3) is 5.91 Å². The van der Waals surface area contributed by atoms with Gasteiger partial charge in [-0.3, -0.25) is 4.79 Å². The maximum atomic E-state index is 11.7. The molecule has 0 saturated heterocycles. The van der Waals surface area contributed by atoms with Crippen molar-refractivity contribution < 1.29 is 28.7 Å². The van der Waals surface area contributed by atoms with Gasteiger partial charge in [-0.15, -0.1) is 0 Å². The summed E-state index contributed by atoms with van der Waals surface area (Å²) in [6, 6.07) is 3.32. The van der Waals surface area contributed by atoms with Crippen LogP contribution in [0.25, 0.3) is 0 Å². The third-order valence-corrected chi connectivity index (χ3v) is 4.42. The summed E-state index contributed by atoms with van der Waals surface area (Å²) in [4.78, 5) is 38.6. The molecule has 0 spiro atoms. The smallest absolute Gasteiger partial charge is 0.355 e. The maximum Gasteiger partial charge on any atom is 0.355 e. The Morgan fingerprint density at radius 3 is 1.81 bits per heavy atom. The molecular weight excluding hydrogens is 470 g/mol. The lowest BCUT2D eigenvalue weighted by atomic mass is 10.2. The van der Waals surface area contributed by atoms with Crippen molar-refractivity contribution in [3.05, 3.63) is 132 Å². The molecule has 0 aliphatic heterocycles. The van der Waals surface area contributed by atoms with E-state index in [-0.39, 0.29) is 6.42 Å². The molecule has 0 fully saturated rings. The summed E-state index contributed by atoms with van der Waals surface area (Å²) in [5.74, 6) is -1.67. The van der Waals surface area contributed by atoms with Crippen molar-refractivity contribution in [2.45, 2.75) is 34.1 Å². The molecule has 194 valence electrons. The highest BCUT2D eigenvalue weighted by Crippen LogP contribution is 2.03. The maximum absolute atomic E-state index is 11.7. The minimum atomic E-state index is -0.970. The van der Waals surface area contributed by atoms with Gasteiger partial charge in [0, 0.05) is 12.2 Å². The summed E-state index contributed by atoms with van der Waals surface area (Å²) in [6.07, 6.45) is 26.0. The molecule has 0 atom stereocenters. The molecule has 0 saturated carbocycles. The van der Waals surface area contributed by atoms with Gasteiger partial charge >= 0.3 is 11.9 Å². The lowest BCUT2D eigenvalue weighted by Crippen LogP contribution is -2.27. The molecule has 2 N–H and O–H groups in total. The van der Waals surface area contributed by atoms with Crippen molar-refractivity contribution in [3.8, 4) is 0 Å². The van der Waals surface area contributed by atoms with Gasteiger partial charge in [0.1, 0.15) is 5.76 Å². The molecule has 1 aromatic rings. The molecule has 0 radical (unpaired) electrons. The number of hydrogen-bond donors (Lipinski definition) is 2. The van der Waals surface area contributed by atoms with E-state index >= 15 is 0 Å². The van der Waals surface area contributed by atoms with Crippen LogP contribution in [0, 0.1) is 0 Å². The fourth-order valence-corrected chi connectivity index (χ4v) is 2.49. The van der Waals surface area contributed by atoms with Gasteiger partial charge < -0.3 is 14.4 Å². The number of furan rings is 1. The Morgan fingerprint density at radius 2 is 1.30 bits per heavy atom. The molecule has 0 bridgehead atoms. The van der Waals surface area contributed by atoms with Crippen LogP contribution < -0.4 is 5.48 Å². The first-order valence-corrected chi connectivity index (χ1v) is 11.5. The van der Waals surface area contributed by atoms with Gasteiger partial charge in [0.15, 0.2) is 0 Å². The first kappa shape index (κ1) is 30.4. The molecule has 0 aliphatic carbocycles. The van der Waals surface area contributed by atoms with E-state index in [2.05, 4.69) is 5.48 Å². The zero-order valence-electron chi connectivity index (χ0n) is 21.5. The number of nitrogens with one attached hydrogen (secondary N) is 1. The van der Waals surface area contributed by atoms with Crippen molar-refractivity contribution in [1.82, 2.24) is 5.48 Å². The third kappa shape index (κ3) is 16.6. The van der Waals surface area contributed by atoms with E-state index in [0.717, 1.165) is 28.4 Å². The Morgan fingerprint density at radius 1 is 0.784 bits per heavy atom. The summed E-state index contributed by atoms with van der Waals surface area (Å²) < 4.78 is 5.05. The molecule has 1 amide bonds. The van der Waals surface area contributed by atoms with Gasteiger partial charge in [-0.25, -0.2) is 9.59 Å². The number of carboxylic acids is 1. The number of carbonyl (C=O) groups is 3. The highest BCUT2D eigenvalue weighted by Gasteiger charge is 2.07. The van der Waals surface area contributed by atoms with E-state index in [4.69, 9.17) is 14.4 Å². The Labute approximate surface area is 217 Å². The lowest BCUT2D eigenvalue weighted by Gasteiger charge is -2.01. The van der Waals surface area contributed by atoms with Crippen LogP contribution in [0.4, 0.5) is 0 Å². The number of amides is 1. The van der Waals surface area contributed by atoms with Gasteiger partial charge in [-0.1, -0.05) is 95.2 Å². The van der Waals surface area contributed by atoms with Crippen LogP contribution in [0.15, 0.2) is 130 Å². The molecule has 7 nitrogen and oxygen atoms in total. The van der Waals surface area contributed by atoms with Crippen molar-refractivity contribution in [3.63, 3.8) is 0 Å². The zero-order chi connectivity index (χ0) is 27.5. The normalized spacial score (nSPS) is 14.1. The minimum Gasteiger partial charge on any atom is -0.478 e. The van der Waals surface area contributed by atoms with Crippen molar-refractivity contribution in [2.75, 3.05) is 0 Å². The fraction of sp³-hybridized carbons (Fsp3) is 0.167. The van der Waals surface area contributed by atoms with E-state index in [1.54, 1.807) is 24.3 Å². The van der Waals surface area contributed by atoms with Crippen molar-refractivity contribution in [1.29, 1.82) is 0 Å². The predicted molar refractivity (Wildman–Crippen MR) is 145 cm³/mol. The molecule has 0 aromatic carbocycles. The van der Waals surface area contributed by atoms with Crippen LogP contribution in [0.1, 0.15) is 33.5 Å². The molecule has 37 heavy (non-hydrogen) atoms. The lowest BCUT2D eigenvalue weighted by molar-refractivity contribution is -0.153. The number of hydroxylamine groups is 1. The van der Waals surface area contributed by atoms with E-state index in [1.807, 2.05) is 88.5 Å². The van der Waals surface area contributed by atoms with Gasteiger partial charge in [0.2, 0.25) is 0 Å². The number of rotatable bonds is 12. The van der Waals surface area contributed by atoms with E-state index in [1.165, 1.54) is 12.3 Å². The van der Waals surface area contributed by atoms with Crippen LogP contribution in [-0.4, -0.2) is 23.0 Å². The van der Waals surface area contributed by atoms with E-state index in [0.29, 0.717) is 5.76 Å².